The zero-order chi connectivity index (χ0) is 13.0. The molecule has 0 unspecified atom stereocenters. The van der Waals surface area contributed by atoms with Gasteiger partial charge >= 0.3 is 5.97 Å². The summed E-state index contributed by atoms with van der Waals surface area (Å²) in [5.41, 5.74) is -1.01. The van der Waals surface area contributed by atoms with E-state index in [1.165, 1.54) is 12.1 Å². The van der Waals surface area contributed by atoms with E-state index in [4.69, 9.17) is 5.26 Å². The van der Waals surface area contributed by atoms with Gasteiger partial charge in [-0.2, -0.15) is 5.26 Å². The molecule has 0 spiro atoms. The van der Waals surface area contributed by atoms with E-state index in [9.17, 15) is 13.6 Å². The van der Waals surface area contributed by atoms with Crippen molar-refractivity contribution in [3.63, 3.8) is 0 Å². The summed E-state index contributed by atoms with van der Waals surface area (Å²) in [5.74, 6) is -0.916. The number of hydrogen-bond donors (Lipinski definition) is 0. The molecule has 0 bridgehead atoms. The summed E-state index contributed by atoms with van der Waals surface area (Å²) in [6.45, 7) is 1.61. The number of nitrogens with zero attached hydrogens (tertiary/aromatic N) is 1. The number of hydrogen-bond acceptors (Lipinski definition) is 3. The Morgan fingerprint density at radius 3 is 2.71 bits per heavy atom. The average Bonchev–Trinajstić information content (AvgIpc) is 2.28. The van der Waals surface area contributed by atoms with Crippen LogP contribution in [0.15, 0.2) is 16.6 Å². The second-order valence-corrected chi connectivity index (χ2v) is 3.87. The number of carbonyl (C=O) groups excluding carboxylic acids is 1. The monoisotopic (exact) mass is 303 g/mol. The summed E-state index contributed by atoms with van der Waals surface area (Å²) in [4.78, 5) is 11.6. The fourth-order valence-corrected chi connectivity index (χ4v) is 1.83. The first-order valence-electron chi connectivity index (χ1n) is 4.70. The minimum absolute atomic E-state index is 0.0545. The molecule has 1 aromatic rings. The maximum absolute atomic E-state index is 12.9. The quantitative estimate of drug-likeness (QED) is 0.804. The second kappa shape index (κ2) is 5.73. The van der Waals surface area contributed by atoms with Crippen molar-refractivity contribution in [2.45, 2.75) is 13.3 Å². The van der Waals surface area contributed by atoms with E-state index in [-0.39, 0.29) is 22.2 Å². The van der Waals surface area contributed by atoms with Gasteiger partial charge in [0.05, 0.1) is 17.7 Å². The average molecular weight is 304 g/mol. The predicted molar refractivity (Wildman–Crippen MR) is 59.8 cm³/mol. The molecule has 1 aromatic carbocycles. The smallest absolute Gasteiger partial charge is 0.340 e. The van der Waals surface area contributed by atoms with Crippen molar-refractivity contribution in [2.75, 3.05) is 6.61 Å². The molecule has 1 rings (SSSR count). The van der Waals surface area contributed by atoms with Gasteiger partial charge in [0.25, 0.3) is 6.43 Å². The number of rotatable bonds is 3. The van der Waals surface area contributed by atoms with E-state index in [1.54, 1.807) is 13.0 Å². The number of benzene rings is 1. The van der Waals surface area contributed by atoms with Crippen LogP contribution in [0.25, 0.3) is 0 Å². The summed E-state index contributed by atoms with van der Waals surface area (Å²) >= 11 is 2.93. The second-order valence-electron chi connectivity index (χ2n) is 3.02. The highest BCUT2D eigenvalue weighted by Crippen LogP contribution is 2.33. The molecule has 90 valence electrons. The van der Waals surface area contributed by atoms with Crippen molar-refractivity contribution in [1.82, 2.24) is 0 Å². The van der Waals surface area contributed by atoms with Crippen molar-refractivity contribution in [3.8, 4) is 6.07 Å². The van der Waals surface area contributed by atoms with E-state index < -0.39 is 18.0 Å². The Bertz CT molecular complexity index is 483. The molecule has 0 heterocycles. The SMILES string of the molecule is CCOC(=O)c1c(C#N)ccc(Br)c1C(F)F. The van der Waals surface area contributed by atoms with Gasteiger partial charge in [-0.1, -0.05) is 15.9 Å². The van der Waals surface area contributed by atoms with Crippen LogP contribution in [0.2, 0.25) is 0 Å². The zero-order valence-electron chi connectivity index (χ0n) is 8.84. The maximum Gasteiger partial charge on any atom is 0.340 e. The third-order valence-corrected chi connectivity index (χ3v) is 2.70. The topological polar surface area (TPSA) is 50.1 Å². The van der Waals surface area contributed by atoms with Crippen molar-refractivity contribution in [1.29, 1.82) is 5.26 Å². The molecule has 6 heteroatoms. The molecule has 0 N–H and O–H groups in total. The van der Waals surface area contributed by atoms with Crippen molar-refractivity contribution in [3.05, 3.63) is 33.3 Å². The lowest BCUT2D eigenvalue weighted by molar-refractivity contribution is 0.0514. The number of carbonyl (C=O) groups is 1. The largest absolute Gasteiger partial charge is 0.462 e. The molecular formula is C11H8BrF2NO2. The van der Waals surface area contributed by atoms with Crippen LogP contribution >= 0.6 is 15.9 Å². The lowest BCUT2D eigenvalue weighted by Crippen LogP contribution is -2.11. The van der Waals surface area contributed by atoms with Crippen molar-refractivity contribution in [2.24, 2.45) is 0 Å². The van der Waals surface area contributed by atoms with Crippen LogP contribution in [0, 0.1) is 11.3 Å². The summed E-state index contributed by atoms with van der Waals surface area (Å²) < 4.78 is 30.5. The highest BCUT2D eigenvalue weighted by Gasteiger charge is 2.25. The van der Waals surface area contributed by atoms with Crippen LogP contribution < -0.4 is 0 Å². The van der Waals surface area contributed by atoms with E-state index in [0.29, 0.717) is 0 Å². The molecule has 0 radical (unpaired) electrons. The molecule has 0 aliphatic rings. The Hall–Kier alpha value is -1.48. The van der Waals surface area contributed by atoms with Gasteiger partial charge in [0, 0.05) is 10.0 Å². The molecule has 0 saturated heterocycles. The third kappa shape index (κ3) is 2.80. The first kappa shape index (κ1) is 13.6. The Balaban J connectivity index is 3.47. The number of halogens is 3. The molecule has 0 aliphatic carbocycles. The Morgan fingerprint density at radius 2 is 2.24 bits per heavy atom. The van der Waals surface area contributed by atoms with Gasteiger partial charge in [0.1, 0.15) is 6.07 Å². The van der Waals surface area contributed by atoms with Gasteiger partial charge in [0.2, 0.25) is 0 Å². The third-order valence-electron chi connectivity index (χ3n) is 2.01. The lowest BCUT2D eigenvalue weighted by Gasteiger charge is -2.11. The first-order valence-corrected chi connectivity index (χ1v) is 5.50. The molecule has 0 fully saturated rings. The van der Waals surface area contributed by atoms with E-state index in [1.807, 2.05) is 0 Å². The normalized spacial score (nSPS) is 10.1. The molecule has 0 saturated carbocycles. The number of esters is 1. The van der Waals surface area contributed by atoms with Crippen LogP contribution in [0.3, 0.4) is 0 Å². The molecule has 0 aliphatic heterocycles. The van der Waals surface area contributed by atoms with Gasteiger partial charge in [-0.3, -0.25) is 0 Å². The minimum atomic E-state index is -2.86. The number of alkyl halides is 2. The van der Waals surface area contributed by atoms with Gasteiger partial charge in [0.15, 0.2) is 0 Å². The predicted octanol–water partition coefficient (Wildman–Crippen LogP) is 3.44. The number of nitriles is 1. The van der Waals surface area contributed by atoms with Crippen LogP contribution in [0.1, 0.15) is 34.8 Å². The number of ether oxygens (including phenoxy) is 1. The standard InChI is InChI=1S/C11H8BrF2NO2/c1-2-17-11(16)8-6(5-15)3-4-7(12)9(8)10(13)14/h3-4,10H,2H2,1H3. The van der Waals surface area contributed by atoms with Crippen LogP contribution in [0.4, 0.5) is 8.78 Å². The highest BCUT2D eigenvalue weighted by atomic mass is 79.9. The Labute approximate surface area is 105 Å². The molecule has 0 atom stereocenters. The molecule has 17 heavy (non-hydrogen) atoms. The van der Waals surface area contributed by atoms with E-state index in [0.717, 1.165) is 0 Å². The van der Waals surface area contributed by atoms with Gasteiger partial charge in [-0.25, -0.2) is 13.6 Å². The fraction of sp³-hybridized carbons (Fsp3) is 0.273. The van der Waals surface area contributed by atoms with Crippen molar-refractivity contribution >= 4 is 21.9 Å². The fourth-order valence-electron chi connectivity index (χ4n) is 1.32. The zero-order valence-corrected chi connectivity index (χ0v) is 10.4. The van der Waals surface area contributed by atoms with Crippen molar-refractivity contribution < 1.29 is 18.3 Å². The molecule has 3 nitrogen and oxygen atoms in total. The highest BCUT2D eigenvalue weighted by molar-refractivity contribution is 9.10. The Kier molecular flexibility index (Phi) is 4.58. The summed E-state index contributed by atoms with van der Waals surface area (Å²) in [7, 11) is 0. The maximum atomic E-state index is 12.9. The van der Waals surface area contributed by atoms with Crippen LogP contribution in [-0.4, -0.2) is 12.6 Å². The first-order chi connectivity index (χ1) is 8.02. The lowest BCUT2D eigenvalue weighted by atomic mass is 10.0. The molecule has 0 amide bonds. The minimum Gasteiger partial charge on any atom is -0.462 e. The molecular weight excluding hydrogens is 296 g/mol. The van der Waals surface area contributed by atoms with Gasteiger partial charge < -0.3 is 4.74 Å². The summed E-state index contributed by atoms with van der Waals surface area (Å²) in [5, 5.41) is 8.81. The molecule has 0 aromatic heterocycles. The van der Waals surface area contributed by atoms with Gasteiger partial charge in [-0.05, 0) is 19.1 Å². The van der Waals surface area contributed by atoms with Crippen LogP contribution in [0.5, 0.6) is 0 Å². The summed E-state index contributed by atoms with van der Waals surface area (Å²) in [6.07, 6.45) is -2.86. The van der Waals surface area contributed by atoms with Gasteiger partial charge in [-0.15, -0.1) is 0 Å². The van der Waals surface area contributed by atoms with E-state index >= 15 is 0 Å². The Morgan fingerprint density at radius 1 is 1.59 bits per heavy atom. The summed E-state index contributed by atoms with van der Waals surface area (Å²) in [6, 6.07) is 4.30. The van der Waals surface area contributed by atoms with Crippen LogP contribution in [-0.2, 0) is 4.74 Å². The van der Waals surface area contributed by atoms with E-state index in [2.05, 4.69) is 20.7 Å².